The van der Waals surface area contributed by atoms with Crippen LogP contribution in [-0.4, -0.2) is 29.4 Å². The first-order valence-corrected chi connectivity index (χ1v) is 3.41. The highest BCUT2D eigenvalue weighted by Crippen LogP contribution is 1.96. The van der Waals surface area contributed by atoms with Gasteiger partial charge in [-0.3, -0.25) is 9.59 Å². The van der Waals surface area contributed by atoms with Crippen LogP contribution in [0.4, 0.5) is 0 Å². The van der Waals surface area contributed by atoms with Gasteiger partial charge in [0.25, 0.3) is 0 Å². The minimum atomic E-state index is -1.12. The zero-order valence-electron chi connectivity index (χ0n) is 6.49. The minimum Gasteiger partial charge on any atom is -0.480 e. The van der Waals surface area contributed by atoms with Gasteiger partial charge in [-0.2, -0.15) is 5.11 Å². The van der Waals surface area contributed by atoms with Crippen LogP contribution in [0.3, 0.4) is 0 Å². The average Bonchev–Trinajstić information content (AvgIpc) is 2.00. The molecule has 0 fully saturated rings. The molecule has 12 heavy (non-hydrogen) atoms. The van der Waals surface area contributed by atoms with Crippen molar-refractivity contribution in [1.29, 1.82) is 5.53 Å². The Morgan fingerprint density at radius 2 is 2.17 bits per heavy atom. The molecule has 4 N–H and O–H groups in total. The summed E-state index contributed by atoms with van der Waals surface area (Å²) < 4.78 is 0. The molecular formula is C6H11N3O3. The Bertz CT molecular complexity index is 192. The summed E-state index contributed by atoms with van der Waals surface area (Å²) in [5.41, 5.74) is 11.5. The van der Waals surface area contributed by atoms with E-state index in [2.05, 4.69) is 5.11 Å². The lowest BCUT2D eigenvalue weighted by Crippen LogP contribution is -2.30. The molecule has 0 aromatic heterocycles. The fraction of sp³-hybridized carbons (Fsp3) is 0.667. The van der Waals surface area contributed by atoms with Gasteiger partial charge in [0, 0.05) is 6.42 Å². The highest BCUT2D eigenvalue weighted by molar-refractivity contribution is 5.81. The SMILES string of the molecule is N=NCC(=O)CC[C@H](N)C(=O)O. The zero-order valence-corrected chi connectivity index (χ0v) is 6.49. The van der Waals surface area contributed by atoms with Crippen molar-refractivity contribution in [3.63, 3.8) is 0 Å². The second-order valence-corrected chi connectivity index (χ2v) is 2.34. The Hall–Kier alpha value is -1.30. The topological polar surface area (TPSA) is 117 Å². The van der Waals surface area contributed by atoms with E-state index in [4.69, 9.17) is 16.4 Å². The molecule has 0 aliphatic carbocycles. The first-order chi connectivity index (χ1) is 5.57. The number of carbonyl (C=O) groups excluding carboxylic acids is 1. The summed E-state index contributed by atoms with van der Waals surface area (Å²) in [5.74, 6) is -1.38. The van der Waals surface area contributed by atoms with Crippen LogP contribution in [0.25, 0.3) is 0 Å². The van der Waals surface area contributed by atoms with E-state index in [1.54, 1.807) is 0 Å². The highest BCUT2D eigenvalue weighted by Gasteiger charge is 2.12. The Kier molecular flexibility index (Phi) is 4.78. The van der Waals surface area contributed by atoms with Gasteiger partial charge in [0.2, 0.25) is 0 Å². The third-order valence-electron chi connectivity index (χ3n) is 1.31. The Morgan fingerprint density at radius 1 is 1.58 bits per heavy atom. The van der Waals surface area contributed by atoms with E-state index in [0.29, 0.717) is 0 Å². The first kappa shape index (κ1) is 10.7. The largest absolute Gasteiger partial charge is 0.480 e. The molecule has 6 heteroatoms. The number of hydrogen-bond donors (Lipinski definition) is 3. The van der Waals surface area contributed by atoms with Crippen molar-refractivity contribution < 1.29 is 14.7 Å². The molecule has 0 amide bonds. The van der Waals surface area contributed by atoms with Crippen molar-refractivity contribution in [3.8, 4) is 0 Å². The Morgan fingerprint density at radius 3 is 2.58 bits per heavy atom. The van der Waals surface area contributed by atoms with E-state index in [-0.39, 0.29) is 25.2 Å². The molecule has 0 rings (SSSR count). The fourth-order valence-corrected chi connectivity index (χ4v) is 0.607. The van der Waals surface area contributed by atoms with Gasteiger partial charge in [-0.1, -0.05) is 0 Å². The van der Waals surface area contributed by atoms with Crippen LogP contribution < -0.4 is 5.73 Å². The summed E-state index contributed by atoms with van der Waals surface area (Å²) in [6.07, 6.45) is 0.166. The first-order valence-electron chi connectivity index (χ1n) is 3.41. The van der Waals surface area contributed by atoms with Crippen molar-refractivity contribution >= 4 is 11.8 Å². The van der Waals surface area contributed by atoms with Crippen LogP contribution >= 0.6 is 0 Å². The smallest absolute Gasteiger partial charge is 0.320 e. The van der Waals surface area contributed by atoms with Crippen molar-refractivity contribution in [2.24, 2.45) is 10.8 Å². The number of nitrogens with two attached hydrogens (primary N) is 1. The lowest BCUT2D eigenvalue weighted by molar-refractivity contribution is -0.138. The number of carboxylic acid groups (broad SMARTS) is 1. The van der Waals surface area contributed by atoms with Gasteiger partial charge in [-0.25, -0.2) is 5.53 Å². The molecule has 0 heterocycles. The third-order valence-corrected chi connectivity index (χ3v) is 1.31. The quantitative estimate of drug-likeness (QED) is 0.481. The molecular weight excluding hydrogens is 162 g/mol. The summed E-state index contributed by atoms with van der Waals surface area (Å²) in [4.78, 5) is 20.9. The molecule has 0 bridgehead atoms. The van der Waals surface area contributed by atoms with Crippen molar-refractivity contribution in [2.45, 2.75) is 18.9 Å². The summed E-state index contributed by atoms with van der Waals surface area (Å²) >= 11 is 0. The molecule has 0 aromatic carbocycles. The zero-order chi connectivity index (χ0) is 9.56. The van der Waals surface area contributed by atoms with E-state index < -0.39 is 12.0 Å². The lowest BCUT2D eigenvalue weighted by atomic mass is 10.1. The molecule has 6 nitrogen and oxygen atoms in total. The molecule has 0 aliphatic rings. The minimum absolute atomic E-state index is 0.0653. The number of carboxylic acids is 1. The molecule has 0 saturated carbocycles. The average molecular weight is 173 g/mol. The molecule has 0 unspecified atom stereocenters. The second-order valence-electron chi connectivity index (χ2n) is 2.34. The molecule has 0 saturated heterocycles. The third kappa shape index (κ3) is 4.51. The summed E-state index contributed by atoms with van der Waals surface area (Å²) in [6.45, 7) is -0.188. The molecule has 1 atom stereocenters. The van der Waals surface area contributed by atoms with E-state index in [1.165, 1.54) is 0 Å². The van der Waals surface area contributed by atoms with Gasteiger partial charge in [-0.05, 0) is 6.42 Å². The molecule has 0 aromatic rings. The molecule has 68 valence electrons. The number of Topliss-reactive ketones (excluding diaryl/α,β-unsaturated/α-hetero) is 1. The number of ketones is 1. The van der Waals surface area contributed by atoms with Crippen LogP contribution in [0.1, 0.15) is 12.8 Å². The molecule has 0 aliphatic heterocycles. The predicted octanol–water partition coefficient (Wildman–Crippen LogP) is -0.221. The standard InChI is InChI=1S/C6H11N3O3/c7-5(6(11)12)2-1-4(10)3-9-8/h5,8H,1-3,7H2,(H,11,12)/t5-/m0/s1. The summed E-state index contributed by atoms with van der Waals surface area (Å²) in [5, 5.41) is 11.2. The van der Waals surface area contributed by atoms with Crippen molar-refractivity contribution in [1.82, 2.24) is 0 Å². The van der Waals surface area contributed by atoms with Crippen LogP contribution in [0, 0.1) is 5.53 Å². The molecule has 0 radical (unpaired) electrons. The number of carbonyl (C=O) groups is 2. The van der Waals surface area contributed by atoms with Gasteiger partial charge < -0.3 is 10.8 Å². The summed E-state index contributed by atoms with van der Waals surface area (Å²) in [7, 11) is 0. The maximum atomic E-state index is 10.7. The van der Waals surface area contributed by atoms with Crippen LogP contribution in [-0.2, 0) is 9.59 Å². The van der Waals surface area contributed by atoms with Gasteiger partial charge in [0.1, 0.15) is 12.6 Å². The normalized spacial score (nSPS) is 12.1. The lowest BCUT2D eigenvalue weighted by Gasteiger charge is -2.03. The van der Waals surface area contributed by atoms with Crippen molar-refractivity contribution in [3.05, 3.63) is 0 Å². The van der Waals surface area contributed by atoms with E-state index in [9.17, 15) is 9.59 Å². The Labute approximate surface area is 69.3 Å². The maximum absolute atomic E-state index is 10.7. The molecule has 0 spiro atoms. The van der Waals surface area contributed by atoms with Crippen LogP contribution in [0.2, 0.25) is 0 Å². The number of aliphatic carboxylic acids is 1. The highest BCUT2D eigenvalue weighted by atomic mass is 16.4. The maximum Gasteiger partial charge on any atom is 0.320 e. The number of rotatable bonds is 6. The summed E-state index contributed by atoms with van der Waals surface area (Å²) in [6, 6.07) is -1.00. The predicted molar refractivity (Wildman–Crippen MR) is 39.9 cm³/mol. The van der Waals surface area contributed by atoms with E-state index >= 15 is 0 Å². The monoisotopic (exact) mass is 173 g/mol. The fourth-order valence-electron chi connectivity index (χ4n) is 0.607. The van der Waals surface area contributed by atoms with Gasteiger partial charge in [0.15, 0.2) is 5.78 Å². The van der Waals surface area contributed by atoms with Crippen LogP contribution in [0.15, 0.2) is 5.11 Å². The van der Waals surface area contributed by atoms with Gasteiger partial charge in [0.05, 0.1) is 0 Å². The number of nitrogens with one attached hydrogen (secondary N) is 1. The van der Waals surface area contributed by atoms with E-state index in [1.807, 2.05) is 0 Å². The van der Waals surface area contributed by atoms with E-state index in [0.717, 1.165) is 0 Å². The van der Waals surface area contributed by atoms with Gasteiger partial charge in [-0.15, -0.1) is 0 Å². The van der Waals surface area contributed by atoms with Crippen LogP contribution in [0.5, 0.6) is 0 Å². The van der Waals surface area contributed by atoms with Crippen molar-refractivity contribution in [2.75, 3.05) is 6.54 Å². The number of hydrogen-bond acceptors (Lipinski definition) is 5. The number of nitrogens with zero attached hydrogens (tertiary/aromatic N) is 1. The Balaban J connectivity index is 3.60. The second kappa shape index (κ2) is 5.36. The van der Waals surface area contributed by atoms with Gasteiger partial charge >= 0.3 is 5.97 Å².